The van der Waals surface area contributed by atoms with Crippen molar-refractivity contribution in [3.05, 3.63) is 59.7 Å². The monoisotopic (exact) mass is 561 g/mol. The van der Waals surface area contributed by atoms with Crippen LogP contribution in [0.25, 0.3) is 0 Å². The second-order valence-electron chi connectivity index (χ2n) is 10.2. The van der Waals surface area contributed by atoms with Crippen molar-refractivity contribution in [2.75, 3.05) is 7.11 Å². The van der Waals surface area contributed by atoms with Crippen LogP contribution in [0, 0.1) is 0 Å². The van der Waals surface area contributed by atoms with Gasteiger partial charge in [0.2, 0.25) is 11.8 Å². The quantitative estimate of drug-likeness (QED) is 0.474. The molecule has 3 amide bonds. The molecule has 2 N–H and O–H groups in total. The Balaban J connectivity index is 1.30. The maximum absolute atomic E-state index is 13.6. The molecule has 2 heterocycles. The number of nitrogens with zero attached hydrogens (tertiary/aromatic N) is 3. The lowest BCUT2D eigenvalue weighted by Crippen LogP contribution is -2.45. The van der Waals surface area contributed by atoms with Gasteiger partial charge in [-0.25, -0.2) is 9.89 Å². The van der Waals surface area contributed by atoms with Crippen molar-refractivity contribution >= 4 is 46.2 Å². The van der Waals surface area contributed by atoms with E-state index in [-0.39, 0.29) is 36.7 Å². The minimum absolute atomic E-state index is 0.0293. The number of amidine groups is 2. The summed E-state index contributed by atoms with van der Waals surface area (Å²) in [6.07, 6.45) is 5.99. The lowest BCUT2D eigenvalue weighted by atomic mass is 9.95. The normalized spacial score (nSPS) is 19.2. The van der Waals surface area contributed by atoms with Crippen LogP contribution < -0.4 is 15.4 Å². The first-order valence-electron chi connectivity index (χ1n) is 13.9. The summed E-state index contributed by atoms with van der Waals surface area (Å²) in [5.41, 5.74) is 2.27. The number of aliphatic imine (C=N–C) groups is 2. The number of amides is 3. The molecule has 5 rings (SSSR count). The van der Waals surface area contributed by atoms with Crippen molar-refractivity contribution in [2.24, 2.45) is 9.98 Å². The highest BCUT2D eigenvalue weighted by Gasteiger charge is 2.43. The van der Waals surface area contributed by atoms with Crippen molar-refractivity contribution in [3.63, 3.8) is 0 Å². The van der Waals surface area contributed by atoms with Crippen molar-refractivity contribution in [2.45, 2.75) is 75.7 Å². The summed E-state index contributed by atoms with van der Waals surface area (Å²) in [4.78, 5) is 50.7. The molecule has 0 aromatic heterocycles. The number of carbonyl (C=O) groups is 3. The van der Waals surface area contributed by atoms with Crippen molar-refractivity contribution in [1.29, 1.82) is 0 Å². The largest absolute Gasteiger partial charge is 0.496 e. The van der Waals surface area contributed by atoms with Crippen LogP contribution >= 0.6 is 11.8 Å². The fraction of sp³-hybridized carbons (Fsp3) is 0.433. The molecular weight excluding hydrogens is 526 g/mol. The molecule has 2 aromatic rings. The molecule has 0 bridgehead atoms. The Kier molecular flexibility index (Phi) is 8.84. The average molecular weight is 562 g/mol. The van der Waals surface area contributed by atoms with Crippen LogP contribution in [0.15, 0.2) is 58.5 Å². The zero-order chi connectivity index (χ0) is 28.1. The van der Waals surface area contributed by atoms with E-state index in [0.717, 1.165) is 36.8 Å². The number of rotatable bonds is 9. The molecule has 3 aliphatic rings. The van der Waals surface area contributed by atoms with Gasteiger partial charge < -0.3 is 15.4 Å². The average Bonchev–Trinajstić information content (AvgIpc) is 3.31. The number of methoxy groups -OCH3 is 1. The summed E-state index contributed by atoms with van der Waals surface area (Å²) in [6.45, 7) is 2.24. The SMILES string of the molecule is CCC(SC1=Nc2ccccc2C2=NC(CC(=O)NCc3ccccc3OC)C(=O)N12)C(=O)NC1CCCCC1. The van der Waals surface area contributed by atoms with Gasteiger partial charge in [0.15, 0.2) is 5.17 Å². The standard InChI is InChI=1S/C30H35N5O4S/c1-3-25(28(37)32-20-12-5-4-6-13-20)40-30-34-22-15-9-8-14-21(22)27-33-23(29(38)35(27)30)17-26(36)31-18-19-11-7-10-16-24(19)39-2/h7-11,14-16,20,23,25H,3-6,12-13,17-18H2,1-2H3,(H,31,36)(H,32,37). The molecule has 9 nitrogen and oxygen atoms in total. The fourth-order valence-electron chi connectivity index (χ4n) is 5.30. The first-order chi connectivity index (χ1) is 19.5. The number of fused-ring (bicyclic) bond motifs is 3. The second-order valence-corrected chi connectivity index (χ2v) is 11.4. The van der Waals surface area contributed by atoms with E-state index in [4.69, 9.17) is 14.7 Å². The lowest BCUT2D eigenvalue weighted by Gasteiger charge is -2.29. The summed E-state index contributed by atoms with van der Waals surface area (Å²) in [7, 11) is 1.59. The summed E-state index contributed by atoms with van der Waals surface area (Å²) in [5.74, 6) is 0.531. The molecule has 2 atom stereocenters. The minimum Gasteiger partial charge on any atom is -0.496 e. The molecule has 210 valence electrons. The van der Waals surface area contributed by atoms with E-state index in [1.165, 1.54) is 23.1 Å². The van der Waals surface area contributed by atoms with Gasteiger partial charge in [-0.3, -0.25) is 19.4 Å². The van der Waals surface area contributed by atoms with E-state index in [0.29, 0.717) is 28.9 Å². The number of nitrogens with one attached hydrogen (secondary N) is 2. The van der Waals surface area contributed by atoms with Crippen molar-refractivity contribution in [3.8, 4) is 5.75 Å². The Hall–Kier alpha value is -3.66. The topological polar surface area (TPSA) is 112 Å². The molecule has 1 saturated carbocycles. The Morgan fingerprint density at radius 1 is 1.10 bits per heavy atom. The molecule has 0 radical (unpaired) electrons. The van der Waals surface area contributed by atoms with Crippen molar-refractivity contribution < 1.29 is 19.1 Å². The van der Waals surface area contributed by atoms with Crippen LogP contribution in [0.2, 0.25) is 0 Å². The Morgan fingerprint density at radius 2 is 1.85 bits per heavy atom. The number of thioether (sulfide) groups is 1. The number of para-hydroxylation sites is 2. The zero-order valence-electron chi connectivity index (χ0n) is 22.9. The Bertz CT molecular complexity index is 1340. The maximum Gasteiger partial charge on any atom is 0.259 e. The third-order valence-corrected chi connectivity index (χ3v) is 8.77. The molecule has 2 aliphatic heterocycles. The first kappa shape index (κ1) is 27.9. The van der Waals surface area contributed by atoms with Gasteiger partial charge in [-0.1, -0.05) is 68.3 Å². The third-order valence-electron chi connectivity index (χ3n) is 7.46. The van der Waals surface area contributed by atoms with Gasteiger partial charge >= 0.3 is 0 Å². The predicted octanol–water partition coefficient (Wildman–Crippen LogP) is 4.32. The molecule has 1 aliphatic carbocycles. The third kappa shape index (κ3) is 6.06. The number of ether oxygens (including phenoxy) is 1. The maximum atomic E-state index is 13.6. The first-order valence-corrected chi connectivity index (χ1v) is 14.8. The molecule has 2 unspecified atom stereocenters. The van der Waals surface area contributed by atoms with Gasteiger partial charge in [-0.2, -0.15) is 0 Å². The van der Waals surface area contributed by atoms with Gasteiger partial charge in [0.25, 0.3) is 5.91 Å². The van der Waals surface area contributed by atoms with Crippen LogP contribution in [0.4, 0.5) is 5.69 Å². The van der Waals surface area contributed by atoms with Crippen LogP contribution in [-0.4, -0.2) is 58.1 Å². The molecular formula is C30H35N5O4S. The van der Waals surface area contributed by atoms with Crippen molar-refractivity contribution in [1.82, 2.24) is 15.5 Å². The fourth-order valence-corrected chi connectivity index (χ4v) is 6.32. The summed E-state index contributed by atoms with van der Waals surface area (Å²) >= 11 is 1.29. The van der Waals surface area contributed by atoms with Crippen LogP contribution in [-0.2, 0) is 20.9 Å². The van der Waals surface area contributed by atoms with E-state index in [1.54, 1.807) is 7.11 Å². The van der Waals surface area contributed by atoms with E-state index < -0.39 is 11.3 Å². The van der Waals surface area contributed by atoms with Gasteiger partial charge in [-0.15, -0.1) is 0 Å². The molecule has 2 aromatic carbocycles. The highest BCUT2D eigenvalue weighted by atomic mass is 32.2. The number of benzene rings is 2. The van der Waals surface area contributed by atoms with Gasteiger partial charge in [-0.05, 0) is 37.5 Å². The predicted molar refractivity (Wildman–Crippen MR) is 157 cm³/mol. The second kappa shape index (κ2) is 12.7. The van der Waals surface area contributed by atoms with Crippen LogP contribution in [0.1, 0.15) is 63.0 Å². The zero-order valence-corrected chi connectivity index (χ0v) is 23.7. The van der Waals surface area contributed by atoms with Gasteiger partial charge in [0.1, 0.15) is 17.6 Å². The molecule has 0 saturated heterocycles. The highest BCUT2D eigenvalue weighted by molar-refractivity contribution is 8.15. The molecule has 0 spiro atoms. The van der Waals surface area contributed by atoms with E-state index >= 15 is 0 Å². The number of hydrogen-bond acceptors (Lipinski definition) is 7. The smallest absolute Gasteiger partial charge is 0.259 e. The summed E-state index contributed by atoms with van der Waals surface area (Å²) < 4.78 is 5.36. The minimum atomic E-state index is -0.874. The van der Waals surface area contributed by atoms with E-state index in [2.05, 4.69) is 10.6 Å². The Labute approximate surface area is 238 Å². The van der Waals surface area contributed by atoms with E-state index in [9.17, 15) is 14.4 Å². The highest BCUT2D eigenvalue weighted by Crippen LogP contribution is 2.36. The Morgan fingerprint density at radius 3 is 2.62 bits per heavy atom. The molecule has 1 fully saturated rings. The summed E-state index contributed by atoms with van der Waals surface area (Å²) in [5, 5.41) is 6.11. The summed E-state index contributed by atoms with van der Waals surface area (Å²) in [6, 6.07) is 14.3. The van der Waals surface area contributed by atoms with Crippen LogP contribution in [0.5, 0.6) is 5.75 Å². The van der Waals surface area contributed by atoms with E-state index in [1.807, 2.05) is 55.5 Å². The number of carbonyl (C=O) groups excluding carboxylic acids is 3. The molecule has 10 heteroatoms. The number of hydrogen-bond donors (Lipinski definition) is 2. The van der Waals surface area contributed by atoms with Gasteiger partial charge in [0, 0.05) is 23.7 Å². The lowest BCUT2D eigenvalue weighted by molar-refractivity contribution is -0.128. The van der Waals surface area contributed by atoms with Gasteiger partial charge in [0.05, 0.1) is 24.5 Å². The van der Waals surface area contributed by atoms with Crippen LogP contribution in [0.3, 0.4) is 0 Å². The molecule has 40 heavy (non-hydrogen) atoms.